The maximum absolute atomic E-state index is 11.8. The molecule has 2 rings (SSSR count). The average molecular weight is 439 g/mol. The number of rotatable bonds is 8. The van der Waals surface area contributed by atoms with Crippen LogP contribution in [0.3, 0.4) is 0 Å². The summed E-state index contributed by atoms with van der Waals surface area (Å²) in [6.07, 6.45) is 0.952. The van der Waals surface area contributed by atoms with Gasteiger partial charge in [-0.3, -0.25) is 0 Å². The lowest BCUT2D eigenvalue weighted by Gasteiger charge is -2.12. The highest BCUT2D eigenvalue weighted by Crippen LogP contribution is 2.29. The molecule has 0 fully saturated rings. The summed E-state index contributed by atoms with van der Waals surface area (Å²) < 4.78 is 24.5. The number of hydrogen-bond acceptors (Lipinski definition) is 10. The van der Waals surface area contributed by atoms with E-state index >= 15 is 0 Å². The number of aromatic nitrogens is 1. The Labute approximate surface area is 176 Å². The third kappa shape index (κ3) is 5.51. The molecule has 1 aromatic carbocycles. The van der Waals surface area contributed by atoms with Crippen molar-refractivity contribution in [1.82, 2.24) is 5.16 Å². The Hall–Kier alpha value is -3.53. The van der Waals surface area contributed by atoms with Crippen LogP contribution in [0.1, 0.15) is 21.8 Å². The lowest BCUT2D eigenvalue weighted by atomic mass is 10.2. The van der Waals surface area contributed by atoms with Crippen LogP contribution in [-0.4, -0.2) is 44.4 Å². The topological polar surface area (TPSA) is 126 Å². The van der Waals surface area contributed by atoms with Crippen LogP contribution in [0.15, 0.2) is 34.5 Å². The van der Waals surface area contributed by atoms with Crippen LogP contribution in [-0.2, 0) is 30.4 Å². The lowest BCUT2D eigenvalue weighted by molar-refractivity contribution is -0.138. The monoisotopic (exact) mass is 438 g/mol. The van der Waals surface area contributed by atoms with E-state index < -0.39 is 17.9 Å². The quantitative estimate of drug-likeness (QED) is 0.373. The van der Waals surface area contributed by atoms with E-state index in [9.17, 15) is 14.4 Å². The van der Waals surface area contributed by atoms with Crippen molar-refractivity contribution in [2.24, 2.45) is 0 Å². The van der Waals surface area contributed by atoms with Crippen molar-refractivity contribution >= 4 is 35.2 Å². The van der Waals surface area contributed by atoms with Gasteiger partial charge in [-0.15, -0.1) is 0 Å². The van der Waals surface area contributed by atoms with Crippen molar-refractivity contribution in [3.8, 4) is 5.75 Å². The largest absolute Gasteiger partial charge is 0.487 e. The number of aryl methyl sites for hydroxylation is 1. The molecule has 2 aromatic rings. The standard InChI is InChI=1S/C19H19ClN2O8/c1-10-12(17(22-30-10)19(25)28-4)9-29-15-6-5-11(7-13(15)20)21-14(18(24)27-3)8-16(23)26-2/h5-8,21H,9H2,1-4H3/b14-8+. The molecule has 0 amide bonds. The van der Waals surface area contributed by atoms with Crippen molar-refractivity contribution in [1.29, 1.82) is 0 Å². The van der Waals surface area contributed by atoms with Crippen LogP contribution in [0, 0.1) is 6.92 Å². The van der Waals surface area contributed by atoms with Gasteiger partial charge in [0, 0.05) is 5.69 Å². The van der Waals surface area contributed by atoms with Crippen LogP contribution >= 0.6 is 11.6 Å². The third-order valence-corrected chi connectivity index (χ3v) is 4.11. The van der Waals surface area contributed by atoms with E-state index in [1.165, 1.54) is 27.4 Å². The predicted octanol–water partition coefficient (Wildman–Crippen LogP) is 2.64. The summed E-state index contributed by atoms with van der Waals surface area (Å²) in [5, 5.41) is 6.60. The van der Waals surface area contributed by atoms with Gasteiger partial charge in [0.05, 0.1) is 38.0 Å². The molecule has 0 saturated carbocycles. The van der Waals surface area contributed by atoms with Crippen molar-refractivity contribution in [2.45, 2.75) is 13.5 Å². The van der Waals surface area contributed by atoms with Gasteiger partial charge in [-0.25, -0.2) is 14.4 Å². The van der Waals surface area contributed by atoms with Crippen molar-refractivity contribution in [2.75, 3.05) is 26.6 Å². The Balaban J connectivity index is 2.17. The van der Waals surface area contributed by atoms with Crippen molar-refractivity contribution in [3.63, 3.8) is 0 Å². The van der Waals surface area contributed by atoms with Crippen molar-refractivity contribution < 1.29 is 37.9 Å². The smallest absolute Gasteiger partial charge is 0.360 e. The molecule has 0 bridgehead atoms. The minimum atomic E-state index is -0.768. The van der Waals surface area contributed by atoms with E-state index in [2.05, 4.69) is 24.7 Å². The number of esters is 3. The molecule has 30 heavy (non-hydrogen) atoms. The molecule has 0 aliphatic heterocycles. The molecule has 1 aromatic heterocycles. The van der Waals surface area contributed by atoms with Gasteiger partial charge < -0.3 is 28.8 Å². The van der Waals surface area contributed by atoms with Crippen LogP contribution in [0.4, 0.5) is 5.69 Å². The van der Waals surface area contributed by atoms with Crippen LogP contribution < -0.4 is 10.1 Å². The minimum Gasteiger partial charge on any atom is -0.487 e. The van der Waals surface area contributed by atoms with Gasteiger partial charge in [0.15, 0.2) is 5.69 Å². The van der Waals surface area contributed by atoms with Crippen molar-refractivity contribution in [3.05, 3.63) is 52.0 Å². The number of ether oxygens (including phenoxy) is 4. The predicted molar refractivity (Wildman–Crippen MR) is 104 cm³/mol. The molecule has 0 saturated heterocycles. The number of carbonyl (C=O) groups excluding carboxylic acids is 3. The SMILES string of the molecule is COC(=O)/C=C(/Nc1ccc(OCc2c(C(=O)OC)noc2C)c(Cl)c1)C(=O)OC. The normalized spacial score (nSPS) is 10.9. The van der Waals surface area contributed by atoms with E-state index in [1.807, 2.05) is 0 Å². The van der Waals surface area contributed by atoms with Crippen LogP contribution in [0.25, 0.3) is 0 Å². The number of hydrogen-bond donors (Lipinski definition) is 1. The minimum absolute atomic E-state index is 0.0140. The van der Waals surface area contributed by atoms with Gasteiger partial charge >= 0.3 is 17.9 Å². The highest BCUT2D eigenvalue weighted by molar-refractivity contribution is 6.32. The molecule has 10 nitrogen and oxygen atoms in total. The number of carbonyl (C=O) groups is 3. The summed E-state index contributed by atoms with van der Waals surface area (Å²) in [6.45, 7) is 1.59. The van der Waals surface area contributed by atoms with E-state index in [0.29, 0.717) is 22.8 Å². The molecule has 0 spiro atoms. The molecule has 0 atom stereocenters. The Morgan fingerprint density at radius 3 is 2.50 bits per heavy atom. The Kier molecular flexibility index (Phi) is 7.82. The first-order valence-electron chi connectivity index (χ1n) is 8.41. The number of methoxy groups -OCH3 is 3. The number of benzene rings is 1. The zero-order chi connectivity index (χ0) is 22.3. The second kappa shape index (κ2) is 10.3. The Morgan fingerprint density at radius 2 is 1.90 bits per heavy atom. The van der Waals surface area contributed by atoms with Gasteiger partial charge in [-0.05, 0) is 25.1 Å². The molecule has 0 radical (unpaired) electrons. The third-order valence-electron chi connectivity index (χ3n) is 3.82. The number of anilines is 1. The first-order chi connectivity index (χ1) is 14.3. The van der Waals surface area contributed by atoms with Gasteiger partial charge in [0.1, 0.15) is 23.8 Å². The second-order valence-corrected chi connectivity index (χ2v) is 6.10. The molecule has 11 heteroatoms. The molecule has 0 aliphatic carbocycles. The molecular formula is C19H19ClN2O8. The van der Waals surface area contributed by atoms with Gasteiger partial charge in [0.25, 0.3) is 0 Å². The van der Waals surface area contributed by atoms with Gasteiger partial charge in [-0.1, -0.05) is 16.8 Å². The summed E-state index contributed by atoms with van der Waals surface area (Å²) >= 11 is 6.25. The molecule has 1 N–H and O–H groups in total. The Morgan fingerprint density at radius 1 is 1.17 bits per heavy atom. The highest BCUT2D eigenvalue weighted by atomic mass is 35.5. The molecule has 160 valence electrons. The molecular weight excluding hydrogens is 420 g/mol. The van der Waals surface area contributed by atoms with Gasteiger partial charge in [0.2, 0.25) is 0 Å². The maximum atomic E-state index is 11.8. The molecule has 0 unspecified atom stereocenters. The fourth-order valence-electron chi connectivity index (χ4n) is 2.25. The fraction of sp³-hybridized carbons (Fsp3) is 0.263. The molecule has 0 aliphatic rings. The molecule has 1 heterocycles. The number of nitrogens with zero attached hydrogens (tertiary/aromatic N) is 1. The summed E-state index contributed by atoms with van der Waals surface area (Å²) in [5.74, 6) is -1.45. The maximum Gasteiger partial charge on any atom is 0.360 e. The summed E-state index contributed by atoms with van der Waals surface area (Å²) in [6, 6.07) is 4.59. The lowest BCUT2D eigenvalue weighted by Crippen LogP contribution is -2.15. The van der Waals surface area contributed by atoms with Crippen LogP contribution in [0.2, 0.25) is 5.02 Å². The van der Waals surface area contributed by atoms with Crippen LogP contribution in [0.5, 0.6) is 5.75 Å². The first-order valence-corrected chi connectivity index (χ1v) is 8.79. The zero-order valence-corrected chi connectivity index (χ0v) is 17.4. The van der Waals surface area contributed by atoms with E-state index in [4.69, 9.17) is 20.9 Å². The number of nitrogens with one attached hydrogen (secondary N) is 1. The van der Waals surface area contributed by atoms with E-state index in [-0.39, 0.29) is 23.0 Å². The Bertz CT molecular complexity index is 983. The first kappa shape index (κ1) is 22.8. The second-order valence-electron chi connectivity index (χ2n) is 5.69. The average Bonchev–Trinajstić information content (AvgIpc) is 3.11. The summed E-state index contributed by atoms with van der Waals surface area (Å²) in [5.41, 5.74) is 0.690. The fourth-order valence-corrected chi connectivity index (χ4v) is 2.49. The van der Waals surface area contributed by atoms with E-state index in [0.717, 1.165) is 6.08 Å². The highest BCUT2D eigenvalue weighted by Gasteiger charge is 2.21. The zero-order valence-electron chi connectivity index (χ0n) is 16.6. The number of halogens is 1. The van der Waals surface area contributed by atoms with E-state index in [1.54, 1.807) is 19.1 Å². The van der Waals surface area contributed by atoms with Gasteiger partial charge in [-0.2, -0.15) is 0 Å². The summed E-state index contributed by atoms with van der Waals surface area (Å²) in [4.78, 5) is 35.0. The summed E-state index contributed by atoms with van der Waals surface area (Å²) in [7, 11) is 3.59.